The van der Waals surface area contributed by atoms with E-state index < -0.39 is 37.9 Å². The number of nitro benzene ring substituents is 2. The number of hydrogen-bond donors (Lipinski definition) is 1. The second kappa shape index (κ2) is 6.24. The summed E-state index contributed by atoms with van der Waals surface area (Å²) in [6.07, 6.45) is 1.59. The molecule has 1 aromatic carbocycles. The molecule has 0 fully saturated rings. The Hall–Kier alpha value is -3.26. The lowest BCUT2D eigenvalue weighted by Crippen LogP contribution is -2.15. The monoisotopic (exact) mass is 333 g/mol. The topological polar surface area (TPSA) is 156 Å². The number of H-pyrrole nitrogens is 1. The summed E-state index contributed by atoms with van der Waals surface area (Å²) in [5.41, 5.74) is -3.43. The van der Waals surface area contributed by atoms with Crippen LogP contribution in [0.4, 0.5) is 11.4 Å². The molecule has 0 saturated heterocycles. The highest BCUT2D eigenvalue weighted by atomic mass is 32.2. The van der Waals surface area contributed by atoms with Gasteiger partial charge < -0.3 is 4.98 Å². The molecule has 2 rings (SSSR count). The molecule has 1 N–H and O–H groups in total. The van der Waals surface area contributed by atoms with E-state index in [-0.39, 0.29) is 10.9 Å². The van der Waals surface area contributed by atoms with Crippen LogP contribution in [0.2, 0.25) is 0 Å². The zero-order chi connectivity index (χ0) is 17.1. The summed E-state index contributed by atoms with van der Waals surface area (Å²) in [5.74, 6) is 0. The van der Waals surface area contributed by atoms with Crippen LogP contribution >= 0.6 is 11.8 Å². The van der Waals surface area contributed by atoms with E-state index in [1.807, 2.05) is 0 Å². The lowest BCUT2D eigenvalue weighted by Gasteiger charge is -2.06. The van der Waals surface area contributed by atoms with Gasteiger partial charge in [0.05, 0.1) is 9.85 Å². The molecule has 0 aliphatic heterocycles. The Morgan fingerprint density at radius 2 is 1.83 bits per heavy atom. The van der Waals surface area contributed by atoms with Gasteiger partial charge >= 0.3 is 0 Å². The first kappa shape index (κ1) is 16.1. The van der Waals surface area contributed by atoms with Gasteiger partial charge in [-0.2, -0.15) is 5.26 Å². The van der Waals surface area contributed by atoms with Gasteiger partial charge in [0.1, 0.15) is 17.3 Å². The Kier molecular flexibility index (Phi) is 4.37. The normalized spacial score (nSPS) is 10.1. The number of hydrogen-bond acceptors (Lipinski definition) is 8. The molecule has 0 bridgehead atoms. The maximum atomic E-state index is 11.9. The minimum absolute atomic E-state index is 0.0800. The van der Waals surface area contributed by atoms with Crippen molar-refractivity contribution in [3.8, 4) is 17.3 Å². The van der Waals surface area contributed by atoms with Crippen LogP contribution in [0.15, 0.2) is 28.2 Å². The third-order valence-corrected chi connectivity index (χ3v) is 3.43. The van der Waals surface area contributed by atoms with Crippen molar-refractivity contribution in [1.29, 1.82) is 5.26 Å². The molecule has 0 saturated carbocycles. The van der Waals surface area contributed by atoms with Crippen LogP contribution in [0.25, 0.3) is 11.3 Å². The number of rotatable bonds is 4. The summed E-state index contributed by atoms with van der Waals surface area (Å²) >= 11 is 1.02. The number of nitrogens with zero attached hydrogens (tertiary/aromatic N) is 4. The lowest BCUT2D eigenvalue weighted by atomic mass is 10.0. The molecular weight excluding hydrogens is 326 g/mol. The first-order valence-electron chi connectivity index (χ1n) is 5.91. The summed E-state index contributed by atoms with van der Waals surface area (Å²) in [7, 11) is 0. The van der Waals surface area contributed by atoms with Gasteiger partial charge in [-0.1, -0.05) is 11.8 Å². The van der Waals surface area contributed by atoms with Crippen LogP contribution in [0, 0.1) is 31.6 Å². The Labute approximate surface area is 132 Å². The van der Waals surface area contributed by atoms with Gasteiger partial charge in [-0.3, -0.25) is 25.0 Å². The first-order chi connectivity index (χ1) is 10.9. The molecule has 1 heterocycles. The second-order valence-corrected chi connectivity index (χ2v) is 4.89. The quantitative estimate of drug-likeness (QED) is 0.384. The fraction of sp³-hybridized carbons (Fsp3) is 0.0833. The maximum absolute atomic E-state index is 11.9. The van der Waals surface area contributed by atoms with Gasteiger partial charge in [0, 0.05) is 12.1 Å². The van der Waals surface area contributed by atoms with Crippen molar-refractivity contribution in [3.63, 3.8) is 0 Å². The second-order valence-electron chi connectivity index (χ2n) is 4.10. The smallest absolute Gasteiger partial charge is 0.285 e. The Morgan fingerprint density at radius 3 is 2.26 bits per heavy atom. The summed E-state index contributed by atoms with van der Waals surface area (Å²) < 4.78 is 0. The van der Waals surface area contributed by atoms with E-state index in [1.165, 1.54) is 0 Å². The number of nitriles is 1. The van der Waals surface area contributed by atoms with Crippen LogP contribution in [-0.2, 0) is 0 Å². The average Bonchev–Trinajstić information content (AvgIpc) is 2.52. The fourth-order valence-electron chi connectivity index (χ4n) is 1.91. The minimum Gasteiger partial charge on any atom is -0.300 e. The predicted octanol–water partition coefficient (Wildman–Crippen LogP) is 1.85. The van der Waals surface area contributed by atoms with Crippen molar-refractivity contribution in [2.24, 2.45) is 0 Å². The number of benzene rings is 1. The average molecular weight is 333 g/mol. The van der Waals surface area contributed by atoms with E-state index in [0.717, 1.165) is 30.0 Å². The van der Waals surface area contributed by atoms with Crippen molar-refractivity contribution in [1.82, 2.24) is 9.97 Å². The van der Waals surface area contributed by atoms with E-state index in [2.05, 4.69) is 9.97 Å². The number of nitrogens with one attached hydrogen (secondary N) is 1. The molecule has 10 nitrogen and oxygen atoms in total. The molecule has 1 aromatic heterocycles. The van der Waals surface area contributed by atoms with Gasteiger partial charge in [0.25, 0.3) is 16.9 Å². The van der Waals surface area contributed by atoms with E-state index >= 15 is 0 Å². The fourth-order valence-corrected chi connectivity index (χ4v) is 2.29. The van der Waals surface area contributed by atoms with Crippen LogP contribution in [-0.4, -0.2) is 26.1 Å². The molecule has 0 spiro atoms. The molecule has 0 amide bonds. The van der Waals surface area contributed by atoms with Gasteiger partial charge in [-0.15, -0.1) is 0 Å². The Balaban J connectivity index is 3.00. The minimum atomic E-state index is -0.828. The number of thioether (sulfide) groups is 1. The van der Waals surface area contributed by atoms with E-state index in [1.54, 1.807) is 12.3 Å². The van der Waals surface area contributed by atoms with Crippen molar-refractivity contribution in [3.05, 3.63) is 54.3 Å². The van der Waals surface area contributed by atoms with Gasteiger partial charge in [0.15, 0.2) is 10.7 Å². The molecule has 0 atom stereocenters. The number of aromatic nitrogens is 2. The largest absolute Gasteiger partial charge is 0.300 e. The molecule has 0 aliphatic carbocycles. The summed E-state index contributed by atoms with van der Waals surface area (Å²) in [6.45, 7) is 0. The maximum Gasteiger partial charge on any atom is 0.285 e. The van der Waals surface area contributed by atoms with Crippen LogP contribution in [0.3, 0.4) is 0 Å². The van der Waals surface area contributed by atoms with E-state index in [9.17, 15) is 25.0 Å². The SMILES string of the molecule is CSc1nc(-c2c([N+](=O)[O-])cccc2[N+](=O)[O-])c(C#N)c(=O)[nH]1. The van der Waals surface area contributed by atoms with Crippen molar-refractivity contribution < 1.29 is 9.85 Å². The molecule has 11 heteroatoms. The molecule has 23 heavy (non-hydrogen) atoms. The summed E-state index contributed by atoms with van der Waals surface area (Å²) in [4.78, 5) is 38.9. The van der Waals surface area contributed by atoms with Crippen LogP contribution < -0.4 is 5.56 Å². The number of aromatic amines is 1. The molecule has 0 unspecified atom stereocenters. The van der Waals surface area contributed by atoms with Gasteiger partial charge in [-0.05, 0) is 12.3 Å². The Morgan fingerprint density at radius 1 is 1.26 bits per heavy atom. The van der Waals surface area contributed by atoms with E-state index in [4.69, 9.17) is 5.26 Å². The summed E-state index contributed by atoms with van der Waals surface area (Å²) in [6, 6.07) is 4.83. The molecule has 2 aromatic rings. The molecule has 0 aliphatic rings. The highest BCUT2D eigenvalue weighted by molar-refractivity contribution is 7.98. The predicted molar refractivity (Wildman–Crippen MR) is 80.1 cm³/mol. The van der Waals surface area contributed by atoms with Crippen molar-refractivity contribution in [2.45, 2.75) is 5.16 Å². The van der Waals surface area contributed by atoms with Gasteiger partial charge in [0.2, 0.25) is 0 Å². The van der Waals surface area contributed by atoms with Crippen LogP contribution in [0.1, 0.15) is 5.56 Å². The van der Waals surface area contributed by atoms with Crippen LogP contribution in [0.5, 0.6) is 0 Å². The van der Waals surface area contributed by atoms with E-state index in [0.29, 0.717) is 0 Å². The standard InChI is InChI=1S/C12H7N5O5S/c1-23-12-14-10(6(5-13)11(18)15-12)9-7(16(19)20)3-2-4-8(9)17(21)22/h2-4H,1H3,(H,14,15,18). The highest BCUT2D eigenvalue weighted by Gasteiger charge is 2.30. The highest BCUT2D eigenvalue weighted by Crippen LogP contribution is 2.37. The Bertz CT molecular complexity index is 885. The third kappa shape index (κ3) is 2.87. The summed E-state index contributed by atoms with van der Waals surface area (Å²) in [5, 5.41) is 31.6. The molecular formula is C12H7N5O5S. The zero-order valence-electron chi connectivity index (χ0n) is 11.5. The van der Waals surface area contributed by atoms with Gasteiger partial charge in [-0.25, -0.2) is 4.98 Å². The molecule has 0 radical (unpaired) electrons. The number of nitro groups is 2. The third-order valence-electron chi connectivity index (χ3n) is 2.85. The van der Waals surface area contributed by atoms with Crippen molar-refractivity contribution >= 4 is 23.1 Å². The lowest BCUT2D eigenvalue weighted by molar-refractivity contribution is -0.392. The molecule has 116 valence electrons. The first-order valence-corrected chi connectivity index (χ1v) is 7.13. The zero-order valence-corrected chi connectivity index (χ0v) is 12.3. The van der Waals surface area contributed by atoms with Crippen molar-refractivity contribution in [2.75, 3.05) is 6.26 Å².